The first kappa shape index (κ1) is 21.6. The van der Waals surface area contributed by atoms with Crippen molar-refractivity contribution in [3.8, 4) is 0 Å². The maximum Gasteiger partial charge on any atom is 0.217 e. The molecule has 1 N–H and O–H groups in total. The number of likely N-dealkylation sites (tertiary alicyclic amines) is 1. The normalized spacial score (nSPS) is 17.2. The second kappa shape index (κ2) is 9.70. The van der Waals surface area contributed by atoms with Gasteiger partial charge in [0.05, 0.1) is 17.5 Å². The number of Topliss-reactive ketones (excluding diaryl/α,β-unsaturated/α-hetero) is 1. The Morgan fingerprint density at radius 1 is 1.29 bits per heavy atom. The highest BCUT2D eigenvalue weighted by Gasteiger charge is 2.28. The molecule has 0 spiro atoms. The molecule has 1 fully saturated rings. The monoisotopic (exact) mass is 443 g/mol. The third-order valence-corrected chi connectivity index (χ3v) is 6.81. The van der Waals surface area contributed by atoms with Gasteiger partial charge in [0, 0.05) is 29.7 Å². The van der Waals surface area contributed by atoms with Crippen LogP contribution in [-0.4, -0.2) is 34.8 Å². The molecule has 1 saturated heterocycles. The second-order valence-electron chi connectivity index (χ2n) is 7.96. The van der Waals surface area contributed by atoms with Crippen molar-refractivity contribution in [2.75, 3.05) is 13.1 Å². The van der Waals surface area contributed by atoms with Crippen LogP contribution in [0.5, 0.6) is 0 Å². The van der Waals surface area contributed by atoms with E-state index in [1.807, 2.05) is 12.1 Å². The molecule has 31 heavy (non-hydrogen) atoms. The van der Waals surface area contributed by atoms with Crippen LogP contribution in [0.2, 0.25) is 0 Å². The summed E-state index contributed by atoms with van der Waals surface area (Å²) < 4.78 is 18.9. The minimum Gasteiger partial charge on any atom is -0.356 e. The fraction of sp³-hybridized carbons (Fsp3) is 0.435. The van der Waals surface area contributed by atoms with Crippen LogP contribution in [0.4, 0.5) is 4.39 Å². The van der Waals surface area contributed by atoms with Crippen molar-refractivity contribution in [2.24, 2.45) is 0 Å². The summed E-state index contributed by atoms with van der Waals surface area (Å²) in [4.78, 5) is 27.7. The topological polar surface area (TPSA) is 75.4 Å². The lowest BCUT2D eigenvalue weighted by Gasteiger charge is -2.34. The van der Waals surface area contributed by atoms with Crippen LogP contribution < -0.4 is 5.32 Å². The zero-order valence-corrected chi connectivity index (χ0v) is 18.3. The maximum atomic E-state index is 13.5. The number of carbonyl (C=O) groups is 2. The number of rotatable bonds is 8. The number of hydrogen-bond donors (Lipinski definition) is 1. The first-order valence-electron chi connectivity index (χ1n) is 10.7. The number of fused-ring (bicyclic) bond motifs is 1. The van der Waals surface area contributed by atoms with Crippen LogP contribution in [-0.2, 0) is 11.3 Å². The predicted octanol–water partition coefficient (Wildman–Crippen LogP) is 4.85. The van der Waals surface area contributed by atoms with E-state index in [4.69, 9.17) is 4.52 Å². The Bertz CT molecular complexity index is 1080. The highest BCUT2D eigenvalue weighted by atomic mass is 32.1. The molecular weight excluding hydrogens is 417 g/mol. The largest absolute Gasteiger partial charge is 0.356 e. The third kappa shape index (κ3) is 5.19. The van der Waals surface area contributed by atoms with Crippen molar-refractivity contribution >= 4 is 34.0 Å². The van der Waals surface area contributed by atoms with Crippen LogP contribution in [0, 0.1) is 5.82 Å². The third-order valence-electron chi connectivity index (χ3n) is 5.69. The molecule has 1 unspecified atom stereocenters. The summed E-state index contributed by atoms with van der Waals surface area (Å²) >= 11 is 1.44. The van der Waals surface area contributed by atoms with E-state index < -0.39 is 0 Å². The molecule has 1 aromatic carbocycles. The standard InChI is InChI=1S/C23H26FN3O3S/c1-15(28)25-14-17-8-10-22(31-17)20(29)6-4-12-27-11-3-2-5-19(27)23-18-9-7-16(24)13-21(18)30-26-23/h7-10,13,19H,2-6,11-12,14H2,1H3,(H,25,28). The van der Waals surface area contributed by atoms with Crippen molar-refractivity contribution in [3.05, 3.63) is 51.6 Å². The summed E-state index contributed by atoms with van der Waals surface area (Å²) in [6.07, 6.45) is 4.45. The highest BCUT2D eigenvalue weighted by molar-refractivity contribution is 7.14. The van der Waals surface area contributed by atoms with E-state index in [9.17, 15) is 14.0 Å². The molecule has 3 aromatic rings. The number of halogens is 1. The van der Waals surface area contributed by atoms with Gasteiger partial charge in [-0.15, -0.1) is 11.3 Å². The van der Waals surface area contributed by atoms with Crippen molar-refractivity contribution in [3.63, 3.8) is 0 Å². The number of nitrogens with one attached hydrogen (secondary N) is 1. The molecule has 1 atom stereocenters. The molecule has 164 valence electrons. The fourth-order valence-corrected chi connectivity index (χ4v) is 5.05. The van der Waals surface area contributed by atoms with Gasteiger partial charge in [0.25, 0.3) is 0 Å². The second-order valence-corrected chi connectivity index (χ2v) is 9.13. The van der Waals surface area contributed by atoms with E-state index in [1.54, 1.807) is 6.07 Å². The van der Waals surface area contributed by atoms with Gasteiger partial charge in [-0.3, -0.25) is 14.5 Å². The van der Waals surface area contributed by atoms with Crippen LogP contribution >= 0.6 is 11.3 Å². The number of ketones is 1. The van der Waals surface area contributed by atoms with Crippen LogP contribution in [0.15, 0.2) is 34.9 Å². The zero-order valence-electron chi connectivity index (χ0n) is 17.5. The Morgan fingerprint density at radius 2 is 2.16 bits per heavy atom. The van der Waals surface area contributed by atoms with E-state index in [0.29, 0.717) is 18.5 Å². The number of hydrogen-bond acceptors (Lipinski definition) is 6. The Morgan fingerprint density at radius 3 is 3.00 bits per heavy atom. The summed E-state index contributed by atoms with van der Waals surface area (Å²) in [5.41, 5.74) is 1.34. The Kier molecular flexibility index (Phi) is 6.77. The average molecular weight is 444 g/mol. The Hall–Kier alpha value is -2.58. The van der Waals surface area contributed by atoms with E-state index in [1.165, 1.54) is 30.4 Å². The van der Waals surface area contributed by atoms with Crippen LogP contribution in [0.25, 0.3) is 11.0 Å². The number of carbonyl (C=O) groups excluding carboxylic acids is 2. The van der Waals surface area contributed by atoms with Crippen LogP contribution in [0.3, 0.4) is 0 Å². The zero-order chi connectivity index (χ0) is 21.8. The molecule has 3 heterocycles. The molecule has 2 aromatic heterocycles. The molecule has 1 aliphatic heterocycles. The molecule has 0 bridgehead atoms. The number of nitrogens with zero attached hydrogens (tertiary/aromatic N) is 2. The highest BCUT2D eigenvalue weighted by Crippen LogP contribution is 2.35. The number of thiophene rings is 1. The summed E-state index contributed by atoms with van der Waals surface area (Å²) in [6.45, 7) is 3.69. The van der Waals surface area contributed by atoms with Gasteiger partial charge >= 0.3 is 0 Å². The smallest absolute Gasteiger partial charge is 0.217 e. The molecule has 0 saturated carbocycles. The van der Waals surface area contributed by atoms with E-state index in [0.717, 1.165) is 59.6 Å². The summed E-state index contributed by atoms with van der Waals surface area (Å²) in [6, 6.07) is 8.42. The van der Waals surface area contributed by atoms with Gasteiger partial charge in [0.15, 0.2) is 11.4 Å². The Labute approximate surface area is 184 Å². The molecule has 1 aliphatic rings. The minimum atomic E-state index is -0.331. The molecule has 0 aliphatic carbocycles. The van der Waals surface area contributed by atoms with E-state index >= 15 is 0 Å². The minimum absolute atomic E-state index is 0.0811. The number of amides is 1. The predicted molar refractivity (Wildman–Crippen MR) is 118 cm³/mol. The lowest BCUT2D eigenvalue weighted by molar-refractivity contribution is -0.119. The van der Waals surface area contributed by atoms with Gasteiger partial charge in [0.1, 0.15) is 11.5 Å². The van der Waals surface area contributed by atoms with E-state index in [-0.39, 0.29) is 23.5 Å². The van der Waals surface area contributed by atoms with E-state index in [2.05, 4.69) is 15.4 Å². The van der Waals surface area contributed by atoms with Gasteiger partial charge in [0.2, 0.25) is 5.91 Å². The number of benzene rings is 1. The molecule has 6 nitrogen and oxygen atoms in total. The van der Waals surface area contributed by atoms with Crippen LogP contribution in [0.1, 0.15) is 65.3 Å². The Balaban J connectivity index is 1.35. The van der Waals surface area contributed by atoms with Gasteiger partial charge < -0.3 is 9.84 Å². The summed E-state index contributed by atoms with van der Waals surface area (Å²) in [7, 11) is 0. The molecule has 0 radical (unpaired) electrons. The fourth-order valence-electron chi connectivity index (χ4n) is 4.14. The first-order valence-corrected chi connectivity index (χ1v) is 11.5. The summed E-state index contributed by atoms with van der Waals surface area (Å²) in [5.74, 6) is -0.277. The molecule has 8 heteroatoms. The summed E-state index contributed by atoms with van der Waals surface area (Å²) in [5, 5.41) is 7.87. The maximum absolute atomic E-state index is 13.5. The van der Waals surface area contributed by atoms with Crippen molar-refractivity contribution in [1.82, 2.24) is 15.4 Å². The first-order chi connectivity index (χ1) is 15.0. The number of aromatic nitrogens is 1. The quantitative estimate of drug-likeness (QED) is 0.504. The van der Waals surface area contributed by atoms with Crippen molar-refractivity contribution in [2.45, 2.75) is 51.6 Å². The van der Waals surface area contributed by atoms with Gasteiger partial charge in [-0.2, -0.15) is 0 Å². The molecule has 1 amide bonds. The van der Waals surface area contributed by atoms with Gasteiger partial charge in [-0.1, -0.05) is 11.6 Å². The van der Waals surface area contributed by atoms with Crippen molar-refractivity contribution in [1.29, 1.82) is 0 Å². The lowest BCUT2D eigenvalue weighted by Crippen LogP contribution is -2.34. The molecule has 4 rings (SSSR count). The van der Waals surface area contributed by atoms with Crippen molar-refractivity contribution < 1.29 is 18.5 Å². The lowest BCUT2D eigenvalue weighted by atomic mass is 9.96. The average Bonchev–Trinajstić information content (AvgIpc) is 3.39. The molecular formula is C23H26FN3O3S. The SMILES string of the molecule is CC(=O)NCc1ccc(C(=O)CCCN2CCCCC2c2noc3cc(F)ccc23)s1. The van der Waals surface area contributed by atoms with Gasteiger partial charge in [-0.25, -0.2) is 4.39 Å². The van der Waals surface area contributed by atoms with Gasteiger partial charge in [-0.05, 0) is 56.6 Å². The number of piperidine rings is 1.